The molecule has 0 N–H and O–H groups in total. The van der Waals surface area contributed by atoms with Gasteiger partial charge in [-0.05, 0) is 64.6 Å². The zero-order chi connectivity index (χ0) is 21.3. The summed E-state index contributed by atoms with van der Waals surface area (Å²) in [6.45, 7) is 8.94. The van der Waals surface area contributed by atoms with E-state index in [-0.39, 0.29) is 5.41 Å². The maximum Gasteiger partial charge on any atom is 0.134 e. The van der Waals surface area contributed by atoms with Gasteiger partial charge in [0.25, 0.3) is 0 Å². The van der Waals surface area contributed by atoms with Gasteiger partial charge in [0.2, 0.25) is 0 Å². The third kappa shape index (κ3) is 2.80. The summed E-state index contributed by atoms with van der Waals surface area (Å²) in [4.78, 5) is 4.89. The topological polar surface area (TPSA) is 26.0 Å². The Kier molecular flexibility index (Phi) is 3.85. The number of furan rings is 1. The van der Waals surface area contributed by atoms with Gasteiger partial charge in [0.15, 0.2) is 0 Å². The van der Waals surface area contributed by atoms with E-state index in [9.17, 15) is 0 Å². The molecule has 3 aromatic carbocycles. The van der Waals surface area contributed by atoms with E-state index >= 15 is 0 Å². The number of nitrogens with zero attached hydrogens (tertiary/aromatic N) is 1. The number of fused-ring (bicyclic) bond motifs is 5. The van der Waals surface area contributed by atoms with Gasteiger partial charge in [0, 0.05) is 37.3 Å². The third-order valence-electron chi connectivity index (χ3n) is 6.21. The van der Waals surface area contributed by atoms with Crippen LogP contribution in [0.3, 0.4) is 0 Å². The highest BCUT2D eigenvalue weighted by Crippen LogP contribution is 2.43. The first-order chi connectivity index (χ1) is 14.9. The Balaban J connectivity index is 1.72. The van der Waals surface area contributed by atoms with Gasteiger partial charge in [-0.15, -0.1) is 11.3 Å². The molecule has 0 bridgehead atoms. The predicted octanol–water partition coefficient (Wildman–Crippen LogP) is 8.62. The molecule has 3 aromatic heterocycles. The molecule has 0 aliphatic carbocycles. The van der Waals surface area contributed by atoms with Crippen LogP contribution in [0.5, 0.6) is 0 Å². The number of pyridine rings is 1. The van der Waals surface area contributed by atoms with E-state index in [0.29, 0.717) is 0 Å². The van der Waals surface area contributed by atoms with Crippen LogP contribution in [0.2, 0.25) is 0 Å². The lowest BCUT2D eigenvalue weighted by Gasteiger charge is -2.23. The highest BCUT2D eigenvalue weighted by Gasteiger charge is 2.20. The zero-order valence-electron chi connectivity index (χ0n) is 18.1. The highest BCUT2D eigenvalue weighted by molar-refractivity contribution is 7.26. The van der Waals surface area contributed by atoms with Gasteiger partial charge in [0.05, 0.1) is 12.0 Å². The van der Waals surface area contributed by atoms with E-state index in [4.69, 9.17) is 9.40 Å². The molecule has 0 fully saturated rings. The van der Waals surface area contributed by atoms with Crippen molar-refractivity contribution in [2.24, 2.45) is 0 Å². The standard InChI is InChI=1S/C28H23NOS/c1-16-15-30-23-13-21-25(14-20(16)23)31-24-9-10-29-27(26(21)24)18-11-17-7-5-6-8-19(17)22(12-18)28(2,3)4/h5-15H,1-4H3. The van der Waals surface area contributed by atoms with Crippen molar-refractivity contribution in [2.45, 2.75) is 33.1 Å². The average Bonchev–Trinajstić information content (AvgIpc) is 3.30. The molecule has 3 heterocycles. The summed E-state index contributed by atoms with van der Waals surface area (Å²) in [7, 11) is 0. The molecule has 0 saturated heterocycles. The Morgan fingerprint density at radius 2 is 1.71 bits per heavy atom. The lowest BCUT2D eigenvalue weighted by atomic mass is 9.82. The Labute approximate surface area is 185 Å². The van der Waals surface area contributed by atoms with Gasteiger partial charge < -0.3 is 4.42 Å². The van der Waals surface area contributed by atoms with Crippen LogP contribution in [-0.4, -0.2) is 4.98 Å². The molecular weight excluding hydrogens is 398 g/mol. The predicted molar refractivity (Wildman–Crippen MR) is 133 cm³/mol. The Morgan fingerprint density at radius 3 is 2.55 bits per heavy atom. The largest absolute Gasteiger partial charge is 0.464 e. The zero-order valence-corrected chi connectivity index (χ0v) is 18.9. The fraction of sp³-hybridized carbons (Fsp3) is 0.179. The third-order valence-corrected chi connectivity index (χ3v) is 7.33. The van der Waals surface area contributed by atoms with Crippen molar-refractivity contribution in [1.82, 2.24) is 4.98 Å². The monoisotopic (exact) mass is 421 g/mol. The molecule has 6 aromatic rings. The molecule has 0 amide bonds. The summed E-state index contributed by atoms with van der Waals surface area (Å²) in [5.41, 5.74) is 5.72. The van der Waals surface area contributed by atoms with Crippen LogP contribution < -0.4 is 0 Å². The fourth-order valence-corrected chi connectivity index (χ4v) is 5.78. The molecule has 0 aliphatic rings. The summed E-state index contributed by atoms with van der Waals surface area (Å²) in [6.07, 6.45) is 3.78. The Bertz CT molecular complexity index is 1630. The molecule has 0 atom stereocenters. The van der Waals surface area contributed by atoms with Crippen molar-refractivity contribution in [2.75, 3.05) is 0 Å². The number of aryl methyl sites for hydroxylation is 1. The summed E-state index contributed by atoms with van der Waals surface area (Å²) < 4.78 is 8.36. The number of aromatic nitrogens is 1. The summed E-state index contributed by atoms with van der Waals surface area (Å²) in [5, 5.41) is 6.19. The van der Waals surface area contributed by atoms with Gasteiger partial charge in [-0.25, -0.2) is 0 Å². The van der Waals surface area contributed by atoms with Crippen LogP contribution in [0.4, 0.5) is 0 Å². The van der Waals surface area contributed by atoms with E-state index in [2.05, 4.69) is 82.3 Å². The van der Waals surface area contributed by atoms with Gasteiger partial charge in [0.1, 0.15) is 5.58 Å². The fourth-order valence-electron chi connectivity index (χ4n) is 4.66. The second-order valence-corrected chi connectivity index (χ2v) is 10.5. The quantitative estimate of drug-likeness (QED) is 0.265. The average molecular weight is 422 g/mol. The lowest BCUT2D eigenvalue weighted by molar-refractivity contribution is 0.596. The molecule has 2 nitrogen and oxygen atoms in total. The summed E-state index contributed by atoms with van der Waals surface area (Å²) in [6, 6.07) is 19.9. The minimum absolute atomic E-state index is 0.0398. The number of hydrogen-bond donors (Lipinski definition) is 0. The first kappa shape index (κ1) is 18.6. The Hall–Kier alpha value is -3.17. The van der Waals surface area contributed by atoms with Crippen LogP contribution in [0.15, 0.2) is 71.5 Å². The van der Waals surface area contributed by atoms with Crippen molar-refractivity contribution in [1.29, 1.82) is 0 Å². The Morgan fingerprint density at radius 1 is 0.871 bits per heavy atom. The number of hydrogen-bond acceptors (Lipinski definition) is 3. The van der Waals surface area contributed by atoms with Crippen molar-refractivity contribution in [3.05, 3.63) is 78.2 Å². The molecule has 31 heavy (non-hydrogen) atoms. The minimum atomic E-state index is 0.0398. The van der Waals surface area contributed by atoms with Crippen LogP contribution in [0, 0.1) is 6.92 Å². The van der Waals surface area contributed by atoms with Crippen LogP contribution in [-0.2, 0) is 5.41 Å². The van der Waals surface area contributed by atoms with Crippen LogP contribution in [0.1, 0.15) is 31.9 Å². The first-order valence-electron chi connectivity index (χ1n) is 10.6. The summed E-state index contributed by atoms with van der Waals surface area (Å²) >= 11 is 1.83. The smallest absolute Gasteiger partial charge is 0.134 e. The molecule has 6 rings (SSSR count). The van der Waals surface area contributed by atoms with Gasteiger partial charge in [-0.3, -0.25) is 4.98 Å². The number of benzene rings is 3. The molecular formula is C28H23NOS. The molecule has 0 spiro atoms. The van der Waals surface area contributed by atoms with Gasteiger partial charge in [-0.1, -0.05) is 45.0 Å². The lowest BCUT2D eigenvalue weighted by Crippen LogP contribution is -2.12. The SMILES string of the molecule is Cc1coc2cc3c(cc12)sc1ccnc(-c2cc(C(C)(C)C)c4ccccc4c2)c13. The van der Waals surface area contributed by atoms with Crippen molar-refractivity contribution in [3.63, 3.8) is 0 Å². The first-order valence-corrected chi connectivity index (χ1v) is 11.4. The molecule has 0 unspecified atom stereocenters. The van der Waals surface area contributed by atoms with Crippen molar-refractivity contribution >= 4 is 53.3 Å². The van der Waals surface area contributed by atoms with Crippen molar-refractivity contribution < 1.29 is 4.42 Å². The van der Waals surface area contributed by atoms with Crippen LogP contribution >= 0.6 is 11.3 Å². The van der Waals surface area contributed by atoms with E-state index < -0.39 is 0 Å². The highest BCUT2D eigenvalue weighted by atomic mass is 32.1. The van der Waals surface area contributed by atoms with Crippen LogP contribution in [0.25, 0.3) is 53.2 Å². The molecule has 0 saturated carbocycles. The van der Waals surface area contributed by atoms with Gasteiger partial charge in [-0.2, -0.15) is 0 Å². The molecule has 152 valence electrons. The van der Waals surface area contributed by atoms with E-state index in [1.54, 1.807) is 0 Å². The second kappa shape index (κ2) is 6.41. The van der Waals surface area contributed by atoms with Gasteiger partial charge >= 0.3 is 0 Å². The van der Waals surface area contributed by atoms with E-state index in [1.165, 1.54) is 53.0 Å². The van der Waals surface area contributed by atoms with E-state index in [1.807, 2.05) is 23.8 Å². The molecule has 3 heteroatoms. The molecule has 0 aliphatic heterocycles. The number of rotatable bonds is 1. The molecule has 0 radical (unpaired) electrons. The van der Waals surface area contributed by atoms with Crippen molar-refractivity contribution in [3.8, 4) is 11.3 Å². The summed E-state index contributed by atoms with van der Waals surface area (Å²) in [5.74, 6) is 0. The normalized spacial score (nSPS) is 12.5. The number of thiophene rings is 1. The second-order valence-electron chi connectivity index (χ2n) is 9.39. The maximum atomic E-state index is 5.83. The minimum Gasteiger partial charge on any atom is -0.464 e. The van der Waals surface area contributed by atoms with E-state index in [0.717, 1.165) is 11.3 Å². The maximum absolute atomic E-state index is 5.83.